The van der Waals surface area contributed by atoms with Gasteiger partial charge in [-0.2, -0.15) is 0 Å². The molecule has 0 aliphatic rings. The second-order valence-corrected chi connectivity index (χ2v) is 3.51. The molecular formula is C10H18N2O4. The van der Waals surface area contributed by atoms with Crippen LogP contribution in [-0.2, 0) is 9.53 Å². The van der Waals surface area contributed by atoms with Crippen molar-refractivity contribution in [1.29, 1.82) is 0 Å². The van der Waals surface area contributed by atoms with Crippen molar-refractivity contribution in [1.82, 2.24) is 10.2 Å². The number of ether oxygens (including phenoxy) is 1. The predicted molar refractivity (Wildman–Crippen MR) is 59.3 cm³/mol. The maximum absolute atomic E-state index is 11.1. The molecule has 1 atom stereocenters. The Hall–Kier alpha value is -1.56. The fourth-order valence-electron chi connectivity index (χ4n) is 0.963. The molecule has 0 heterocycles. The molecule has 1 amide bonds. The van der Waals surface area contributed by atoms with Crippen LogP contribution in [0.4, 0.5) is 4.79 Å². The molecule has 0 aromatic carbocycles. The second kappa shape index (κ2) is 7.70. The van der Waals surface area contributed by atoms with Crippen molar-refractivity contribution in [2.75, 3.05) is 27.2 Å². The van der Waals surface area contributed by atoms with Gasteiger partial charge >= 0.3 is 12.1 Å². The van der Waals surface area contributed by atoms with E-state index < -0.39 is 18.1 Å². The lowest BCUT2D eigenvalue weighted by Gasteiger charge is -2.16. The van der Waals surface area contributed by atoms with Crippen LogP contribution in [0.5, 0.6) is 0 Å². The van der Waals surface area contributed by atoms with Crippen LogP contribution in [-0.4, -0.2) is 55.4 Å². The Kier molecular flexibility index (Phi) is 6.95. The predicted octanol–water partition coefficient (Wildman–Crippen LogP) is 0.303. The van der Waals surface area contributed by atoms with Crippen molar-refractivity contribution in [3.05, 3.63) is 12.7 Å². The number of carboxylic acid groups (broad SMARTS) is 1. The Morgan fingerprint density at radius 3 is 2.62 bits per heavy atom. The molecular weight excluding hydrogens is 212 g/mol. The van der Waals surface area contributed by atoms with Gasteiger partial charge in [0.25, 0.3) is 0 Å². The van der Waals surface area contributed by atoms with E-state index in [-0.39, 0.29) is 6.61 Å². The Morgan fingerprint density at radius 2 is 2.19 bits per heavy atom. The summed E-state index contributed by atoms with van der Waals surface area (Å²) in [5.41, 5.74) is 0. The van der Waals surface area contributed by atoms with Crippen molar-refractivity contribution >= 4 is 12.1 Å². The average Bonchev–Trinajstić information content (AvgIpc) is 2.20. The van der Waals surface area contributed by atoms with Gasteiger partial charge in [0.1, 0.15) is 12.6 Å². The molecule has 0 saturated heterocycles. The highest BCUT2D eigenvalue weighted by atomic mass is 16.5. The van der Waals surface area contributed by atoms with Gasteiger partial charge in [0.05, 0.1) is 0 Å². The van der Waals surface area contributed by atoms with Crippen LogP contribution in [0.3, 0.4) is 0 Å². The summed E-state index contributed by atoms with van der Waals surface area (Å²) in [4.78, 5) is 23.8. The third-order valence-electron chi connectivity index (χ3n) is 1.79. The molecule has 0 aliphatic carbocycles. The highest BCUT2D eigenvalue weighted by Crippen LogP contribution is 1.95. The monoisotopic (exact) mass is 230 g/mol. The summed E-state index contributed by atoms with van der Waals surface area (Å²) in [6.45, 7) is 4.01. The van der Waals surface area contributed by atoms with Crippen molar-refractivity contribution < 1.29 is 19.4 Å². The zero-order chi connectivity index (χ0) is 12.6. The summed E-state index contributed by atoms with van der Waals surface area (Å²) in [5.74, 6) is -1.07. The first-order valence-corrected chi connectivity index (χ1v) is 4.89. The first-order valence-electron chi connectivity index (χ1n) is 4.89. The fourth-order valence-corrected chi connectivity index (χ4v) is 0.963. The Morgan fingerprint density at radius 1 is 1.56 bits per heavy atom. The highest BCUT2D eigenvalue weighted by molar-refractivity contribution is 5.79. The Labute approximate surface area is 94.9 Å². The smallest absolute Gasteiger partial charge is 0.408 e. The van der Waals surface area contributed by atoms with E-state index in [2.05, 4.69) is 16.6 Å². The normalized spacial score (nSPS) is 11.9. The lowest BCUT2D eigenvalue weighted by molar-refractivity contribution is -0.139. The molecule has 0 aromatic rings. The van der Waals surface area contributed by atoms with Crippen LogP contribution in [0.25, 0.3) is 0 Å². The zero-order valence-electron chi connectivity index (χ0n) is 9.60. The van der Waals surface area contributed by atoms with Gasteiger partial charge in [-0.25, -0.2) is 9.59 Å². The standard InChI is InChI=1S/C10H18N2O4/c1-4-7-16-10(15)11-8(9(13)14)5-6-12(2)3/h4,8H,1,5-7H2,2-3H3,(H,11,15)(H,13,14). The molecule has 0 rings (SSSR count). The van der Waals surface area contributed by atoms with E-state index in [1.165, 1.54) is 6.08 Å². The maximum Gasteiger partial charge on any atom is 0.408 e. The summed E-state index contributed by atoms with van der Waals surface area (Å²) in [5, 5.41) is 11.1. The molecule has 16 heavy (non-hydrogen) atoms. The number of aliphatic carboxylic acids is 1. The van der Waals surface area contributed by atoms with Gasteiger partial charge in [-0.3, -0.25) is 0 Å². The van der Waals surface area contributed by atoms with E-state index in [1.807, 2.05) is 19.0 Å². The van der Waals surface area contributed by atoms with E-state index >= 15 is 0 Å². The minimum absolute atomic E-state index is 0.0614. The van der Waals surface area contributed by atoms with Gasteiger partial charge in [0, 0.05) is 6.54 Å². The zero-order valence-corrected chi connectivity index (χ0v) is 9.60. The number of hydrogen-bond donors (Lipinski definition) is 2. The van der Waals surface area contributed by atoms with Crippen molar-refractivity contribution in [2.45, 2.75) is 12.5 Å². The average molecular weight is 230 g/mol. The molecule has 92 valence electrons. The molecule has 0 bridgehead atoms. The minimum Gasteiger partial charge on any atom is -0.480 e. The van der Waals surface area contributed by atoms with E-state index in [0.29, 0.717) is 13.0 Å². The lowest BCUT2D eigenvalue weighted by atomic mass is 10.2. The summed E-state index contributed by atoms with van der Waals surface area (Å²) >= 11 is 0. The summed E-state index contributed by atoms with van der Waals surface area (Å²) in [6.07, 6.45) is 0.992. The number of carbonyl (C=O) groups excluding carboxylic acids is 1. The molecule has 1 unspecified atom stereocenters. The van der Waals surface area contributed by atoms with Gasteiger partial charge in [-0.15, -0.1) is 0 Å². The SMILES string of the molecule is C=CCOC(=O)NC(CCN(C)C)C(=O)O. The first-order chi connectivity index (χ1) is 7.47. The van der Waals surface area contributed by atoms with Gasteiger partial charge in [0.15, 0.2) is 0 Å². The number of nitrogens with one attached hydrogen (secondary N) is 1. The minimum atomic E-state index is -1.07. The Bertz CT molecular complexity index is 253. The first kappa shape index (κ1) is 14.4. The number of carboxylic acids is 1. The van der Waals surface area contributed by atoms with Crippen LogP contribution in [0.1, 0.15) is 6.42 Å². The van der Waals surface area contributed by atoms with Crippen LogP contribution >= 0.6 is 0 Å². The van der Waals surface area contributed by atoms with Crippen LogP contribution < -0.4 is 5.32 Å². The molecule has 2 N–H and O–H groups in total. The van der Waals surface area contributed by atoms with Crippen LogP contribution in [0.15, 0.2) is 12.7 Å². The maximum atomic E-state index is 11.1. The number of alkyl carbamates (subject to hydrolysis) is 1. The van der Waals surface area contributed by atoms with Crippen molar-refractivity contribution in [2.24, 2.45) is 0 Å². The molecule has 0 fully saturated rings. The largest absolute Gasteiger partial charge is 0.480 e. The molecule has 0 radical (unpaired) electrons. The topological polar surface area (TPSA) is 78.9 Å². The van der Waals surface area contributed by atoms with E-state index in [1.54, 1.807) is 0 Å². The van der Waals surface area contributed by atoms with E-state index in [0.717, 1.165) is 0 Å². The number of hydrogen-bond acceptors (Lipinski definition) is 4. The second-order valence-electron chi connectivity index (χ2n) is 3.51. The third-order valence-corrected chi connectivity index (χ3v) is 1.79. The van der Waals surface area contributed by atoms with E-state index in [9.17, 15) is 9.59 Å². The summed E-state index contributed by atoms with van der Waals surface area (Å²) in [6, 6.07) is -0.931. The van der Waals surface area contributed by atoms with Crippen LogP contribution in [0, 0.1) is 0 Å². The molecule has 6 nitrogen and oxygen atoms in total. The highest BCUT2D eigenvalue weighted by Gasteiger charge is 2.20. The molecule has 0 aliphatic heterocycles. The van der Waals surface area contributed by atoms with Gasteiger partial charge in [0.2, 0.25) is 0 Å². The third kappa shape index (κ3) is 6.83. The number of nitrogens with zero attached hydrogens (tertiary/aromatic N) is 1. The molecule has 0 aromatic heterocycles. The number of amides is 1. The van der Waals surface area contributed by atoms with Gasteiger partial charge in [-0.1, -0.05) is 12.7 Å². The lowest BCUT2D eigenvalue weighted by Crippen LogP contribution is -2.42. The number of carbonyl (C=O) groups is 2. The molecule has 0 spiro atoms. The summed E-state index contributed by atoms with van der Waals surface area (Å²) in [7, 11) is 3.66. The molecule has 6 heteroatoms. The van der Waals surface area contributed by atoms with Crippen LogP contribution in [0.2, 0.25) is 0 Å². The quantitative estimate of drug-likeness (QED) is 0.615. The Balaban J connectivity index is 4.07. The van der Waals surface area contributed by atoms with Gasteiger partial charge in [-0.05, 0) is 20.5 Å². The van der Waals surface area contributed by atoms with E-state index in [4.69, 9.17) is 5.11 Å². The van der Waals surface area contributed by atoms with Gasteiger partial charge < -0.3 is 20.1 Å². The molecule has 0 saturated carbocycles. The fraction of sp³-hybridized carbons (Fsp3) is 0.600. The number of rotatable bonds is 7. The summed E-state index contributed by atoms with van der Waals surface area (Å²) < 4.78 is 4.63. The van der Waals surface area contributed by atoms with Crippen molar-refractivity contribution in [3.63, 3.8) is 0 Å². The van der Waals surface area contributed by atoms with Crippen molar-refractivity contribution in [3.8, 4) is 0 Å².